The molecule has 1 aliphatic heterocycles. The lowest BCUT2D eigenvalue weighted by molar-refractivity contribution is -0.126. The number of piperidine rings is 1. The highest BCUT2D eigenvalue weighted by Crippen LogP contribution is 2.39. The van der Waals surface area contributed by atoms with E-state index in [1.165, 1.54) is 31.6 Å². The largest absolute Gasteiger partial charge is 0.489 e. The highest BCUT2D eigenvalue weighted by molar-refractivity contribution is 7.20. The molecule has 7 nitrogen and oxygen atoms in total. The van der Waals surface area contributed by atoms with Crippen LogP contribution >= 0.6 is 11.3 Å². The Morgan fingerprint density at radius 2 is 1.91 bits per heavy atom. The molecule has 0 radical (unpaired) electrons. The van der Waals surface area contributed by atoms with Crippen LogP contribution in [0.1, 0.15) is 47.5 Å². The summed E-state index contributed by atoms with van der Waals surface area (Å²) < 4.78 is 67.1. The number of ether oxygens (including phenoxy) is 2. The Bertz CT molecular complexity index is 1510. The third-order valence-corrected chi connectivity index (χ3v) is 8.67. The molecule has 12 heteroatoms. The van der Waals surface area contributed by atoms with E-state index in [2.05, 4.69) is 46.5 Å². The van der Waals surface area contributed by atoms with Crippen molar-refractivity contribution in [3.8, 4) is 17.6 Å². The Morgan fingerprint density at radius 3 is 2.57 bits per heavy atom. The van der Waals surface area contributed by atoms with E-state index in [4.69, 9.17) is 9.47 Å². The van der Waals surface area contributed by atoms with Gasteiger partial charge in [-0.15, -0.1) is 11.3 Å². The number of rotatable bonds is 11. The van der Waals surface area contributed by atoms with Gasteiger partial charge in [0.1, 0.15) is 18.2 Å². The first-order valence-electron chi connectivity index (χ1n) is 14.5. The lowest BCUT2D eigenvalue weighted by atomic mass is 10.0. The second-order valence-corrected chi connectivity index (χ2v) is 11.9. The molecule has 0 aliphatic carbocycles. The van der Waals surface area contributed by atoms with Gasteiger partial charge in [-0.1, -0.05) is 24.0 Å². The van der Waals surface area contributed by atoms with Crippen molar-refractivity contribution in [3.05, 3.63) is 52.2 Å². The minimum Gasteiger partial charge on any atom is -0.489 e. The Balaban J connectivity index is 1.58. The summed E-state index contributed by atoms with van der Waals surface area (Å²) >= 11 is 1.24. The third kappa shape index (κ3) is 8.55. The van der Waals surface area contributed by atoms with Crippen LogP contribution in [0.4, 0.5) is 28.9 Å². The number of hydrogen-bond acceptors (Lipinski definition) is 7. The number of fused-ring (bicyclic) bond motifs is 1. The minimum atomic E-state index is -4.41. The molecule has 4 rings (SSSR count). The van der Waals surface area contributed by atoms with Crippen LogP contribution in [0.3, 0.4) is 0 Å². The Morgan fingerprint density at radius 1 is 1.16 bits per heavy atom. The highest BCUT2D eigenvalue weighted by Gasteiger charge is 2.31. The lowest BCUT2D eigenvalue weighted by Gasteiger charge is -2.35. The number of halogens is 4. The van der Waals surface area contributed by atoms with Gasteiger partial charge in [0.2, 0.25) is 0 Å². The summed E-state index contributed by atoms with van der Waals surface area (Å²) in [5.41, 5.74) is 1.03. The molecule has 1 fully saturated rings. The molecular formula is C32H38F4N4O3S. The molecule has 0 saturated carbocycles. The van der Waals surface area contributed by atoms with Crippen molar-refractivity contribution in [3.63, 3.8) is 0 Å². The summed E-state index contributed by atoms with van der Waals surface area (Å²) in [6.45, 7) is 6.72. The summed E-state index contributed by atoms with van der Waals surface area (Å²) in [7, 11) is 2.90. The van der Waals surface area contributed by atoms with Crippen molar-refractivity contribution in [1.29, 1.82) is 0 Å². The number of anilines is 2. The van der Waals surface area contributed by atoms with E-state index in [0.29, 0.717) is 16.3 Å². The van der Waals surface area contributed by atoms with Gasteiger partial charge in [0, 0.05) is 45.4 Å². The molecule has 0 bridgehead atoms. The number of thiophene rings is 1. The zero-order chi connectivity index (χ0) is 31.9. The standard InChI is InChI=1S/C32H38F4N4O3S/c1-20(2)40-13-10-21(11-14-40)39-26-8-5-7-22-24(19-32(34,35)36)29(44-30(22)26)9-6-12-38-27-18-25(33)23(31(41)37-3)17-28(27)43-16-15-42-4/h5,7-8,17-18,20-21,38-39H,10-16,19H2,1-4H3,(H,37,41). The van der Waals surface area contributed by atoms with Gasteiger partial charge in [0.15, 0.2) is 0 Å². The summed E-state index contributed by atoms with van der Waals surface area (Å²) in [5.74, 6) is 4.67. The van der Waals surface area contributed by atoms with E-state index in [1.54, 1.807) is 12.1 Å². The number of methoxy groups -OCH3 is 1. The lowest BCUT2D eigenvalue weighted by Crippen LogP contribution is -2.42. The monoisotopic (exact) mass is 634 g/mol. The van der Waals surface area contributed by atoms with Crippen LogP contribution in [0.15, 0.2) is 30.3 Å². The number of alkyl halides is 3. The molecule has 2 heterocycles. The number of amides is 1. The fourth-order valence-electron chi connectivity index (χ4n) is 5.16. The maximum Gasteiger partial charge on any atom is 0.393 e. The fourth-order valence-corrected chi connectivity index (χ4v) is 6.33. The second kappa shape index (κ2) is 15.0. The van der Waals surface area contributed by atoms with E-state index >= 15 is 0 Å². The molecule has 1 amide bonds. The quantitative estimate of drug-likeness (QED) is 0.131. The molecule has 0 atom stereocenters. The number of benzene rings is 2. The van der Waals surface area contributed by atoms with E-state index in [1.807, 2.05) is 6.07 Å². The Hall–Kier alpha value is -3.53. The van der Waals surface area contributed by atoms with Gasteiger partial charge in [-0.3, -0.25) is 4.79 Å². The first kappa shape index (κ1) is 33.4. The molecule has 238 valence electrons. The normalized spacial score (nSPS) is 14.4. The maximum atomic E-state index is 14.7. The smallest absolute Gasteiger partial charge is 0.393 e. The molecule has 0 spiro atoms. The minimum absolute atomic E-state index is 0.00135. The van der Waals surface area contributed by atoms with Crippen LogP contribution in [0.2, 0.25) is 0 Å². The van der Waals surface area contributed by atoms with Crippen LogP contribution in [0.5, 0.6) is 5.75 Å². The highest BCUT2D eigenvalue weighted by atomic mass is 32.1. The number of carbonyl (C=O) groups is 1. The summed E-state index contributed by atoms with van der Waals surface area (Å²) in [4.78, 5) is 14.8. The van der Waals surface area contributed by atoms with Crippen LogP contribution in [0.25, 0.3) is 10.1 Å². The third-order valence-electron chi connectivity index (χ3n) is 7.47. The zero-order valence-electron chi connectivity index (χ0n) is 25.3. The average Bonchev–Trinajstić information content (AvgIpc) is 3.32. The maximum absolute atomic E-state index is 14.7. The average molecular weight is 635 g/mol. The SMILES string of the molecule is CNC(=O)c1cc(OCCOC)c(NCC#Cc2sc3c(NC4CCN(C(C)C)CC4)cccc3c2CC(F)(F)F)cc1F. The van der Waals surface area contributed by atoms with Crippen molar-refractivity contribution in [2.24, 2.45) is 0 Å². The van der Waals surface area contributed by atoms with Gasteiger partial charge in [-0.05, 0) is 49.8 Å². The predicted octanol–water partition coefficient (Wildman–Crippen LogP) is 6.28. The van der Waals surface area contributed by atoms with E-state index in [-0.39, 0.29) is 48.4 Å². The molecule has 0 unspecified atom stereocenters. The van der Waals surface area contributed by atoms with Crippen molar-refractivity contribution >= 4 is 38.7 Å². The number of likely N-dealkylation sites (tertiary alicyclic amines) is 1. The summed E-state index contributed by atoms with van der Waals surface area (Å²) in [6.07, 6.45) is -3.59. The van der Waals surface area contributed by atoms with Crippen LogP contribution in [-0.4, -0.2) is 76.1 Å². The van der Waals surface area contributed by atoms with E-state index in [9.17, 15) is 22.4 Å². The van der Waals surface area contributed by atoms with Crippen LogP contribution < -0.4 is 20.7 Å². The van der Waals surface area contributed by atoms with E-state index < -0.39 is 24.3 Å². The topological polar surface area (TPSA) is 74.9 Å². The molecule has 44 heavy (non-hydrogen) atoms. The number of nitrogens with zero attached hydrogens (tertiary/aromatic N) is 1. The molecule has 1 saturated heterocycles. The van der Waals surface area contributed by atoms with Crippen molar-refractivity contribution in [2.75, 3.05) is 57.6 Å². The Labute approximate surface area is 259 Å². The van der Waals surface area contributed by atoms with Gasteiger partial charge >= 0.3 is 6.18 Å². The van der Waals surface area contributed by atoms with Gasteiger partial charge < -0.3 is 30.3 Å². The number of carbonyl (C=O) groups excluding carboxylic acids is 1. The molecular weight excluding hydrogens is 596 g/mol. The van der Waals surface area contributed by atoms with Crippen molar-refractivity contribution in [2.45, 2.75) is 51.4 Å². The summed E-state index contributed by atoms with van der Waals surface area (Å²) in [6, 6.07) is 8.53. The van der Waals surface area contributed by atoms with Gasteiger partial charge in [0.05, 0.1) is 46.1 Å². The Kier molecular flexibility index (Phi) is 11.4. The molecule has 3 N–H and O–H groups in total. The predicted molar refractivity (Wildman–Crippen MR) is 167 cm³/mol. The first-order valence-corrected chi connectivity index (χ1v) is 15.3. The zero-order valence-corrected chi connectivity index (χ0v) is 26.1. The van der Waals surface area contributed by atoms with Crippen molar-refractivity contribution in [1.82, 2.24) is 10.2 Å². The van der Waals surface area contributed by atoms with E-state index in [0.717, 1.165) is 42.4 Å². The molecule has 1 aliphatic rings. The first-order chi connectivity index (χ1) is 21.0. The van der Waals surface area contributed by atoms with Gasteiger partial charge in [-0.25, -0.2) is 4.39 Å². The van der Waals surface area contributed by atoms with Gasteiger partial charge in [-0.2, -0.15) is 13.2 Å². The molecule has 1 aromatic heterocycles. The number of nitrogens with one attached hydrogen (secondary N) is 3. The van der Waals surface area contributed by atoms with Gasteiger partial charge in [0.25, 0.3) is 5.91 Å². The molecule has 2 aromatic carbocycles. The van der Waals surface area contributed by atoms with Crippen LogP contribution in [0, 0.1) is 17.7 Å². The number of hydrogen-bond donors (Lipinski definition) is 3. The van der Waals surface area contributed by atoms with Crippen LogP contribution in [-0.2, 0) is 11.2 Å². The molecule has 3 aromatic rings. The van der Waals surface area contributed by atoms with Crippen molar-refractivity contribution < 1.29 is 31.8 Å². The fraction of sp³-hybridized carbons (Fsp3) is 0.469. The second-order valence-electron chi connectivity index (χ2n) is 10.8. The summed E-state index contributed by atoms with van der Waals surface area (Å²) in [5, 5.41) is 9.47.